The van der Waals surface area contributed by atoms with Crippen molar-refractivity contribution in [1.82, 2.24) is 5.48 Å². The summed E-state index contributed by atoms with van der Waals surface area (Å²) >= 11 is 6.22. The Hall–Kier alpha value is -2.50. The summed E-state index contributed by atoms with van der Waals surface area (Å²) in [6.45, 7) is 0.232. The number of halogens is 1. The van der Waals surface area contributed by atoms with Crippen LogP contribution in [0, 0.1) is 0 Å². The number of rotatable bonds is 3. The van der Waals surface area contributed by atoms with Crippen LogP contribution in [0.5, 0.6) is 11.5 Å². The summed E-state index contributed by atoms with van der Waals surface area (Å²) in [5.74, 6) is 0.817. The van der Waals surface area contributed by atoms with Crippen LogP contribution in [0.1, 0.15) is 5.56 Å². The van der Waals surface area contributed by atoms with E-state index in [0.29, 0.717) is 16.3 Å². The van der Waals surface area contributed by atoms with Gasteiger partial charge in [-0.25, -0.2) is 5.48 Å². The van der Waals surface area contributed by atoms with Gasteiger partial charge in [-0.1, -0.05) is 29.8 Å². The van der Waals surface area contributed by atoms with E-state index in [1.54, 1.807) is 12.1 Å². The number of carbonyl (C=O) groups excluding carboxylic acids is 1. The maximum Gasteiger partial charge on any atom is 0.267 e. The van der Waals surface area contributed by atoms with E-state index in [1.165, 1.54) is 17.6 Å². The Morgan fingerprint density at radius 3 is 2.64 bits per heavy atom. The van der Waals surface area contributed by atoms with Gasteiger partial charge in [-0.2, -0.15) is 0 Å². The molecule has 3 rings (SSSR count). The van der Waals surface area contributed by atoms with Crippen LogP contribution in [0.4, 0.5) is 0 Å². The molecule has 0 radical (unpaired) electrons. The summed E-state index contributed by atoms with van der Waals surface area (Å²) in [7, 11) is 0. The zero-order chi connectivity index (χ0) is 15.5. The molecule has 0 fully saturated rings. The SMILES string of the molecule is O=C(/C=C/c1ccc(-c2ccc3c(c2)OCO3)cc1Cl)NO. The highest BCUT2D eigenvalue weighted by atomic mass is 35.5. The van der Waals surface area contributed by atoms with E-state index in [0.717, 1.165) is 16.9 Å². The average Bonchev–Trinajstić information content (AvgIpc) is 3.00. The molecule has 1 heterocycles. The van der Waals surface area contributed by atoms with Gasteiger partial charge in [0.25, 0.3) is 5.91 Å². The number of hydrogen-bond acceptors (Lipinski definition) is 4. The van der Waals surface area contributed by atoms with Crippen molar-refractivity contribution in [3.63, 3.8) is 0 Å². The predicted octanol–water partition coefficient (Wildman–Crippen LogP) is 3.25. The molecule has 1 aliphatic rings. The Morgan fingerprint density at radius 1 is 1.14 bits per heavy atom. The monoisotopic (exact) mass is 317 g/mol. The normalized spacial score (nSPS) is 12.6. The van der Waals surface area contributed by atoms with Crippen molar-refractivity contribution in [1.29, 1.82) is 0 Å². The molecule has 22 heavy (non-hydrogen) atoms. The number of amides is 1. The highest BCUT2D eigenvalue weighted by Gasteiger charge is 2.14. The van der Waals surface area contributed by atoms with Crippen LogP contribution in [0.25, 0.3) is 17.2 Å². The average molecular weight is 318 g/mol. The van der Waals surface area contributed by atoms with Crippen LogP contribution < -0.4 is 15.0 Å². The van der Waals surface area contributed by atoms with Gasteiger partial charge in [-0.05, 0) is 41.0 Å². The largest absolute Gasteiger partial charge is 0.454 e. The van der Waals surface area contributed by atoms with Gasteiger partial charge in [0, 0.05) is 11.1 Å². The number of ether oxygens (including phenoxy) is 2. The smallest absolute Gasteiger partial charge is 0.267 e. The maximum atomic E-state index is 11.0. The standard InChI is InChI=1S/C16H12ClNO4/c17-13-7-11(2-1-10(13)4-6-16(19)18-20)12-3-5-14-15(8-12)22-9-21-14/h1-8,20H,9H2,(H,18,19)/b6-4+. The number of nitrogens with one attached hydrogen (secondary N) is 1. The van der Waals surface area contributed by atoms with Gasteiger partial charge >= 0.3 is 0 Å². The minimum absolute atomic E-state index is 0.232. The molecule has 0 atom stereocenters. The molecular weight excluding hydrogens is 306 g/mol. The fourth-order valence-electron chi connectivity index (χ4n) is 2.12. The van der Waals surface area contributed by atoms with Crippen LogP contribution in [-0.4, -0.2) is 17.9 Å². The van der Waals surface area contributed by atoms with Gasteiger partial charge in [0.1, 0.15) is 0 Å². The van der Waals surface area contributed by atoms with E-state index in [4.69, 9.17) is 26.3 Å². The highest BCUT2D eigenvalue weighted by Crippen LogP contribution is 2.36. The molecule has 0 saturated carbocycles. The molecule has 0 unspecified atom stereocenters. The second-order valence-corrected chi connectivity index (χ2v) is 5.02. The van der Waals surface area contributed by atoms with Crippen LogP contribution >= 0.6 is 11.6 Å². The van der Waals surface area contributed by atoms with Crippen molar-refractivity contribution in [2.75, 3.05) is 6.79 Å². The van der Waals surface area contributed by atoms with Crippen LogP contribution in [0.15, 0.2) is 42.5 Å². The van der Waals surface area contributed by atoms with Crippen LogP contribution in [0.3, 0.4) is 0 Å². The van der Waals surface area contributed by atoms with Crippen molar-refractivity contribution in [2.24, 2.45) is 0 Å². The van der Waals surface area contributed by atoms with Crippen molar-refractivity contribution >= 4 is 23.6 Å². The summed E-state index contributed by atoms with van der Waals surface area (Å²) in [6.07, 6.45) is 2.72. The fraction of sp³-hybridized carbons (Fsp3) is 0.0625. The lowest BCUT2D eigenvalue weighted by atomic mass is 10.0. The summed E-state index contributed by atoms with van der Waals surface area (Å²) in [5.41, 5.74) is 4.07. The minimum Gasteiger partial charge on any atom is -0.454 e. The Labute approximate surface area is 131 Å². The molecule has 0 aliphatic carbocycles. The van der Waals surface area contributed by atoms with Gasteiger partial charge in [0.05, 0.1) is 0 Å². The molecule has 0 bridgehead atoms. The van der Waals surface area contributed by atoms with Crippen molar-refractivity contribution in [2.45, 2.75) is 0 Å². The molecule has 6 heteroatoms. The lowest BCUT2D eigenvalue weighted by Gasteiger charge is -2.06. The first kappa shape index (κ1) is 14.4. The van der Waals surface area contributed by atoms with Gasteiger partial charge < -0.3 is 9.47 Å². The van der Waals surface area contributed by atoms with Gasteiger partial charge in [-0.3, -0.25) is 10.0 Å². The second-order valence-electron chi connectivity index (χ2n) is 4.61. The minimum atomic E-state index is -0.615. The highest BCUT2D eigenvalue weighted by molar-refractivity contribution is 6.32. The third-order valence-corrected chi connectivity index (χ3v) is 3.56. The third-order valence-electron chi connectivity index (χ3n) is 3.23. The quantitative estimate of drug-likeness (QED) is 0.518. The maximum absolute atomic E-state index is 11.0. The van der Waals surface area contributed by atoms with Crippen molar-refractivity contribution < 1.29 is 19.5 Å². The second kappa shape index (κ2) is 6.09. The topological polar surface area (TPSA) is 67.8 Å². The van der Waals surface area contributed by atoms with Gasteiger partial charge in [0.15, 0.2) is 11.5 Å². The number of carbonyl (C=O) groups is 1. The number of fused-ring (bicyclic) bond motifs is 1. The van der Waals surface area contributed by atoms with E-state index in [1.807, 2.05) is 24.3 Å². The number of hydroxylamine groups is 1. The summed E-state index contributed by atoms with van der Waals surface area (Å²) in [4.78, 5) is 11.0. The fourth-order valence-corrected chi connectivity index (χ4v) is 2.36. The van der Waals surface area contributed by atoms with Crippen LogP contribution in [0.2, 0.25) is 5.02 Å². The number of benzene rings is 2. The number of hydrogen-bond donors (Lipinski definition) is 2. The molecule has 0 aromatic heterocycles. The van der Waals surface area contributed by atoms with E-state index >= 15 is 0 Å². The first-order valence-corrected chi connectivity index (χ1v) is 6.87. The van der Waals surface area contributed by atoms with Gasteiger partial charge in [0.2, 0.25) is 6.79 Å². The van der Waals surface area contributed by atoms with E-state index in [-0.39, 0.29) is 6.79 Å². The summed E-state index contributed by atoms with van der Waals surface area (Å²) in [6, 6.07) is 11.2. The molecule has 0 saturated heterocycles. The van der Waals surface area contributed by atoms with Crippen LogP contribution in [-0.2, 0) is 4.79 Å². The lowest BCUT2D eigenvalue weighted by molar-refractivity contribution is -0.124. The summed E-state index contributed by atoms with van der Waals surface area (Å²) in [5, 5.41) is 8.94. The van der Waals surface area contributed by atoms with Crippen molar-refractivity contribution in [3.8, 4) is 22.6 Å². The van der Waals surface area contributed by atoms with E-state index in [2.05, 4.69) is 0 Å². The molecular formula is C16H12ClNO4. The van der Waals surface area contributed by atoms with E-state index in [9.17, 15) is 4.79 Å². The Kier molecular flexibility index (Phi) is 4.00. The Bertz CT molecular complexity index is 758. The first-order valence-electron chi connectivity index (χ1n) is 6.49. The van der Waals surface area contributed by atoms with Crippen molar-refractivity contribution in [3.05, 3.63) is 53.1 Å². The molecule has 0 spiro atoms. The summed E-state index contributed by atoms with van der Waals surface area (Å²) < 4.78 is 10.6. The van der Waals surface area contributed by atoms with E-state index < -0.39 is 5.91 Å². The predicted molar refractivity (Wildman–Crippen MR) is 82.0 cm³/mol. The Morgan fingerprint density at radius 2 is 1.86 bits per heavy atom. The molecule has 5 nitrogen and oxygen atoms in total. The molecule has 1 amide bonds. The zero-order valence-corrected chi connectivity index (χ0v) is 12.1. The zero-order valence-electron chi connectivity index (χ0n) is 11.4. The molecule has 2 aromatic rings. The Balaban J connectivity index is 1.88. The molecule has 2 N–H and O–H groups in total. The molecule has 1 aliphatic heterocycles. The molecule has 112 valence electrons. The lowest BCUT2D eigenvalue weighted by Crippen LogP contribution is -2.14. The third kappa shape index (κ3) is 2.90. The molecule has 2 aromatic carbocycles. The first-order chi connectivity index (χ1) is 10.7. The van der Waals surface area contributed by atoms with Gasteiger partial charge in [-0.15, -0.1) is 0 Å².